The third-order valence-corrected chi connectivity index (χ3v) is 5.11. The number of morpholine rings is 1. The summed E-state index contributed by atoms with van der Waals surface area (Å²) in [6.07, 6.45) is 4.08. The SMILES string of the molecule is CC1(C)C2CCC3(CNCCO3)C1C2. The van der Waals surface area contributed by atoms with Gasteiger partial charge in [-0.15, -0.1) is 0 Å². The first-order chi connectivity index (χ1) is 6.65. The fraction of sp³-hybridized carbons (Fsp3) is 1.00. The summed E-state index contributed by atoms with van der Waals surface area (Å²) in [5, 5.41) is 3.51. The molecule has 14 heavy (non-hydrogen) atoms. The Morgan fingerprint density at radius 3 is 2.79 bits per heavy atom. The molecule has 2 nitrogen and oxygen atoms in total. The third kappa shape index (κ3) is 0.989. The molecule has 3 aliphatic carbocycles. The molecule has 80 valence electrons. The maximum Gasteiger partial charge on any atom is 0.0840 e. The number of fused-ring (bicyclic) bond motifs is 1. The lowest BCUT2D eigenvalue weighted by Crippen LogP contribution is -2.67. The van der Waals surface area contributed by atoms with Crippen molar-refractivity contribution in [1.29, 1.82) is 0 Å². The van der Waals surface area contributed by atoms with Crippen LogP contribution in [0.5, 0.6) is 0 Å². The van der Waals surface area contributed by atoms with E-state index in [-0.39, 0.29) is 5.60 Å². The highest BCUT2D eigenvalue weighted by Gasteiger charge is 2.61. The maximum absolute atomic E-state index is 6.13. The van der Waals surface area contributed by atoms with E-state index < -0.39 is 0 Å². The van der Waals surface area contributed by atoms with Crippen LogP contribution in [0.2, 0.25) is 0 Å². The van der Waals surface area contributed by atoms with E-state index in [9.17, 15) is 0 Å². The Morgan fingerprint density at radius 2 is 2.21 bits per heavy atom. The molecule has 4 rings (SSSR count). The van der Waals surface area contributed by atoms with Crippen molar-refractivity contribution in [2.45, 2.75) is 38.7 Å². The summed E-state index contributed by atoms with van der Waals surface area (Å²) >= 11 is 0. The van der Waals surface area contributed by atoms with Crippen molar-refractivity contribution in [2.24, 2.45) is 17.3 Å². The second-order valence-corrected chi connectivity index (χ2v) is 5.94. The van der Waals surface area contributed by atoms with E-state index in [4.69, 9.17) is 4.74 Å². The summed E-state index contributed by atoms with van der Waals surface area (Å²) in [5.74, 6) is 1.78. The molecule has 4 aliphatic rings. The number of rotatable bonds is 0. The molecule has 0 aromatic rings. The smallest absolute Gasteiger partial charge is 0.0840 e. The summed E-state index contributed by atoms with van der Waals surface area (Å²) in [7, 11) is 0. The lowest BCUT2D eigenvalue weighted by atomic mass is 9.44. The predicted octanol–water partition coefficient (Wildman–Crippen LogP) is 1.80. The van der Waals surface area contributed by atoms with Gasteiger partial charge in [-0.05, 0) is 36.5 Å². The number of hydrogen-bond donors (Lipinski definition) is 1. The molecule has 2 bridgehead atoms. The quantitative estimate of drug-likeness (QED) is 0.636. The third-order valence-electron chi connectivity index (χ3n) is 5.11. The topological polar surface area (TPSA) is 21.3 Å². The Balaban J connectivity index is 1.86. The molecular formula is C12H21NO. The van der Waals surface area contributed by atoms with Crippen molar-refractivity contribution in [1.82, 2.24) is 5.32 Å². The van der Waals surface area contributed by atoms with Crippen molar-refractivity contribution in [3.63, 3.8) is 0 Å². The number of hydrogen-bond acceptors (Lipinski definition) is 2. The van der Waals surface area contributed by atoms with Crippen LogP contribution in [0.1, 0.15) is 33.1 Å². The minimum Gasteiger partial charge on any atom is -0.372 e. The largest absolute Gasteiger partial charge is 0.372 e. The van der Waals surface area contributed by atoms with E-state index in [1.165, 1.54) is 19.3 Å². The van der Waals surface area contributed by atoms with Crippen LogP contribution in [-0.4, -0.2) is 25.3 Å². The van der Waals surface area contributed by atoms with Gasteiger partial charge in [0.15, 0.2) is 0 Å². The van der Waals surface area contributed by atoms with E-state index in [0.29, 0.717) is 5.41 Å². The van der Waals surface area contributed by atoms with Crippen molar-refractivity contribution in [3.05, 3.63) is 0 Å². The van der Waals surface area contributed by atoms with Gasteiger partial charge in [0, 0.05) is 13.1 Å². The normalized spacial score (nSPS) is 50.1. The lowest BCUT2D eigenvalue weighted by Gasteiger charge is -2.65. The second kappa shape index (κ2) is 2.73. The average Bonchev–Trinajstić information content (AvgIpc) is 2.18. The van der Waals surface area contributed by atoms with Gasteiger partial charge >= 0.3 is 0 Å². The van der Waals surface area contributed by atoms with Gasteiger partial charge in [-0.25, -0.2) is 0 Å². The fourth-order valence-electron chi connectivity index (χ4n) is 4.05. The van der Waals surface area contributed by atoms with Gasteiger partial charge in [0.25, 0.3) is 0 Å². The van der Waals surface area contributed by atoms with Gasteiger partial charge in [-0.2, -0.15) is 0 Å². The van der Waals surface area contributed by atoms with E-state index in [2.05, 4.69) is 19.2 Å². The van der Waals surface area contributed by atoms with Gasteiger partial charge in [0.2, 0.25) is 0 Å². The summed E-state index contributed by atoms with van der Waals surface area (Å²) in [5.41, 5.74) is 0.744. The molecule has 0 radical (unpaired) electrons. The minimum atomic E-state index is 0.205. The van der Waals surface area contributed by atoms with Gasteiger partial charge in [-0.1, -0.05) is 13.8 Å². The zero-order valence-corrected chi connectivity index (χ0v) is 9.31. The van der Waals surface area contributed by atoms with Gasteiger partial charge in [0.1, 0.15) is 0 Å². The second-order valence-electron chi connectivity index (χ2n) is 5.94. The highest BCUT2D eigenvalue weighted by molar-refractivity contribution is 5.12. The van der Waals surface area contributed by atoms with Crippen LogP contribution in [0.15, 0.2) is 0 Å². The van der Waals surface area contributed by atoms with E-state index >= 15 is 0 Å². The van der Waals surface area contributed by atoms with Gasteiger partial charge in [0.05, 0.1) is 12.2 Å². The summed E-state index contributed by atoms with van der Waals surface area (Å²) < 4.78 is 6.13. The Kier molecular flexibility index (Phi) is 1.79. The molecule has 0 amide bonds. The van der Waals surface area contributed by atoms with E-state index in [1.54, 1.807) is 0 Å². The zero-order valence-electron chi connectivity index (χ0n) is 9.31. The summed E-state index contributed by atoms with van der Waals surface area (Å²) in [4.78, 5) is 0. The molecule has 3 atom stereocenters. The lowest BCUT2D eigenvalue weighted by molar-refractivity contribution is -0.232. The average molecular weight is 195 g/mol. The molecule has 1 aliphatic heterocycles. The molecule has 1 saturated heterocycles. The molecule has 3 unspecified atom stereocenters. The molecule has 1 spiro atoms. The molecule has 4 fully saturated rings. The first-order valence-electron chi connectivity index (χ1n) is 6.00. The molecule has 0 aromatic carbocycles. The standard InChI is InChI=1S/C12H21NO/c1-11(2)9-3-4-12(10(11)7-9)8-13-5-6-14-12/h9-10,13H,3-8H2,1-2H3. The first-order valence-corrected chi connectivity index (χ1v) is 6.00. The molecule has 1 N–H and O–H groups in total. The van der Waals surface area contributed by atoms with Gasteiger partial charge in [-0.3, -0.25) is 0 Å². The maximum atomic E-state index is 6.13. The van der Waals surface area contributed by atoms with Crippen LogP contribution in [-0.2, 0) is 4.74 Å². The van der Waals surface area contributed by atoms with Crippen LogP contribution in [0.25, 0.3) is 0 Å². The van der Waals surface area contributed by atoms with Crippen molar-refractivity contribution < 1.29 is 4.74 Å². The molecule has 3 saturated carbocycles. The monoisotopic (exact) mass is 195 g/mol. The van der Waals surface area contributed by atoms with Crippen LogP contribution in [0.3, 0.4) is 0 Å². The Hall–Kier alpha value is -0.0800. The highest BCUT2D eigenvalue weighted by Crippen LogP contribution is 2.63. The molecule has 0 aromatic heterocycles. The fourth-order valence-corrected chi connectivity index (χ4v) is 4.05. The van der Waals surface area contributed by atoms with E-state index in [0.717, 1.165) is 31.5 Å². The Bertz CT molecular complexity index is 235. The molecule has 1 heterocycles. The minimum absolute atomic E-state index is 0.205. The van der Waals surface area contributed by atoms with Crippen molar-refractivity contribution in [2.75, 3.05) is 19.7 Å². The van der Waals surface area contributed by atoms with Crippen LogP contribution >= 0.6 is 0 Å². The number of nitrogens with one attached hydrogen (secondary N) is 1. The summed E-state index contributed by atoms with van der Waals surface area (Å²) in [6, 6.07) is 0. The van der Waals surface area contributed by atoms with Crippen LogP contribution in [0, 0.1) is 17.3 Å². The van der Waals surface area contributed by atoms with E-state index in [1.807, 2.05) is 0 Å². The first kappa shape index (κ1) is 9.17. The van der Waals surface area contributed by atoms with Crippen LogP contribution in [0.4, 0.5) is 0 Å². The number of ether oxygens (including phenoxy) is 1. The predicted molar refractivity (Wildman–Crippen MR) is 56.2 cm³/mol. The zero-order chi connectivity index (χ0) is 9.81. The van der Waals surface area contributed by atoms with Crippen molar-refractivity contribution >= 4 is 0 Å². The summed E-state index contributed by atoms with van der Waals surface area (Å²) in [6.45, 7) is 7.92. The molecule has 2 heteroatoms. The van der Waals surface area contributed by atoms with Crippen molar-refractivity contribution in [3.8, 4) is 0 Å². The Labute approximate surface area is 86.4 Å². The Morgan fingerprint density at radius 1 is 1.36 bits per heavy atom. The van der Waals surface area contributed by atoms with Crippen LogP contribution < -0.4 is 5.32 Å². The van der Waals surface area contributed by atoms with Gasteiger partial charge < -0.3 is 10.1 Å². The molecular weight excluding hydrogens is 174 g/mol. The highest BCUT2D eigenvalue weighted by atomic mass is 16.5.